The zero-order valence-electron chi connectivity index (χ0n) is 19.6. The predicted molar refractivity (Wildman–Crippen MR) is 135 cm³/mol. The van der Waals surface area contributed by atoms with Crippen LogP contribution in [-0.2, 0) is 17.9 Å². The lowest BCUT2D eigenvalue weighted by Crippen LogP contribution is -2.46. The van der Waals surface area contributed by atoms with E-state index in [2.05, 4.69) is 10.6 Å². The summed E-state index contributed by atoms with van der Waals surface area (Å²) in [4.78, 5) is 26.2. The normalized spacial score (nSPS) is 22.7. The molecule has 2 aromatic carbocycles. The second-order valence-electron chi connectivity index (χ2n) is 9.07. The minimum Gasteiger partial charge on any atom is -0.497 e. The Hall–Kier alpha value is -3.68. The summed E-state index contributed by atoms with van der Waals surface area (Å²) in [5.41, 5.74) is 3.38. The highest BCUT2D eigenvalue weighted by molar-refractivity contribution is 5.82. The number of benzene rings is 2. The summed E-state index contributed by atoms with van der Waals surface area (Å²) in [6, 6.07) is 20.5. The Balaban J connectivity index is 1.31. The molecule has 1 aromatic heterocycles. The van der Waals surface area contributed by atoms with Crippen LogP contribution in [0.1, 0.15) is 28.4 Å². The number of carbonyl (C=O) groups is 1. The van der Waals surface area contributed by atoms with E-state index in [0.29, 0.717) is 18.7 Å². The lowest BCUT2D eigenvalue weighted by atomic mass is 9.88. The minimum absolute atomic E-state index is 0.0337. The standard InChI is InChI=1S/C28H29N3O4/c1-35-21-9-5-8-19(14-21)15-29-27(33)26-23(17-32)22-16-31-24(25(22)30-26)13-12-20(28(31)34)11-10-18-6-3-2-4-7-18/h2-14,22-23,25-26,30,32H,15-17H2,1H3,(H,29,33)/b11-10+/t22-,23-,25+,26-/m0/s1. The minimum atomic E-state index is -0.526. The third kappa shape index (κ3) is 4.52. The first-order valence-corrected chi connectivity index (χ1v) is 11.8. The summed E-state index contributed by atoms with van der Waals surface area (Å²) in [5, 5.41) is 16.5. The van der Waals surface area contributed by atoms with Gasteiger partial charge in [0, 0.05) is 42.8 Å². The smallest absolute Gasteiger partial charge is 0.258 e. The van der Waals surface area contributed by atoms with Gasteiger partial charge in [-0.15, -0.1) is 0 Å². The van der Waals surface area contributed by atoms with Crippen molar-refractivity contribution in [1.82, 2.24) is 15.2 Å². The molecule has 180 valence electrons. The first-order chi connectivity index (χ1) is 17.1. The Kier molecular flexibility index (Phi) is 6.53. The maximum atomic E-state index is 13.2. The van der Waals surface area contributed by atoms with E-state index in [9.17, 15) is 14.7 Å². The first kappa shape index (κ1) is 23.1. The molecular weight excluding hydrogens is 442 g/mol. The second kappa shape index (κ2) is 9.90. The number of aliphatic hydroxyl groups is 1. The Labute approximate surface area is 204 Å². The van der Waals surface area contributed by atoms with Crippen molar-refractivity contribution in [2.45, 2.75) is 25.2 Å². The van der Waals surface area contributed by atoms with Gasteiger partial charge in [0.25, 0.3) is 5.56 Å². The fraction of sp³-hybridized carbons (Fsp3) is 0.286. The number of nitrogens with zero attached hydrogens (tertiary/aromatic N) is 1. The summed E-state index contributed by atoms with van der Waals surface area (Å²) in [6.45, 7) is 0.716. The zero-order valence-corrected chi connectivity index (χ0v) is 19.6. The van der Waals surface area contributed by atoms with Gasteiger partial charge in [0.2, 0.25) is 5.91 Å². The van der Waals surface area contributed by atoms with Crippen molar-refractivity contribution < 1.29 is 14.6 Å². The van der Waals surface area contributed by atoms with Gasteiger partial charge in [0.15, 0.2) is 0 Å². The Bertz CT molecular complexity index is 1300. The third-order valence-corrected chi connectivity index (χ3v) is 7.06. The lowest BCUT2D eigenvalue weighted by molar-refractivity contribution is -0.124. The summed E-state index contributed by atoms with van der Waals surface area (Å²) in [6.07, 6.45) is 3.77. The van der Waals surface area contributed by atoms with Crippen LogP contribution >= 0.6 is 0 Å². The van der Waals surface area contributed by atoms with E-state index in [1.165, 1.54) is 0 Å². The van der Waals surface area contributed by atoms with Crippen molar-refractivity contribution in [2.24, 2.45) is 11.8 Å². The van der Waals surface area contributed by atoms with E-state index in [-0.39, 0.29) is 36.0 Å². The molecule has 7 heteroatoms. The van der Waals surface area contributed by atoms with Crippen LogP contribution in [0.4, 0.5) is 0 Å². The molecule has 1 fully saturated rings. The quantitative estimate of drug-likeness (QED) is 0.493. The highest BCUT2D eigenvalue weighted by Crippen LogP contribution is 2.42. The van der Waals surface area contributed by atoms with Gasteiger partial charge in [0.05, 0.1) is 19.2 Å². The Morgan fingerprint density at radius 2 is 1.97 bits per heavy atom. The molecule has 2 aliphatic heterocycles. The van der Waals surface area contributed by atoms with Gasteiger partial charge in [0.1, 0.15) is 5.75 Å². The van der Waals surface area contributed by atoms with Crippen LogP contribution in [0.2, 0.25) is 0 Å². The van der Waals surface area contributed by atoms with Gasteiger partial charge >= 0.3 is 0 Å². The highest BCUT2D eigenvalue weighted by atomic mass is 16.5. The SMILES string of the molecule is COc1cccc(CNC(=O)[C@H]2N[C@H]3c4ccc(/C=C/c5ccccc5)c(=O)n4C[C@H]3[C@@H]2CO)c1. The van der Waals surface area contributed by atoms with E-state index in [0.717, 1.165) is 22.6 Å². The van der Waals surface area contributed by atoms with E-state index in [1.807, 2.05) is 78.9 Å². The van der Waals surface area contributed by atoms with Crippen LogP contribution in [0.3, 0.4) is 0 Å². The molecule has 3 aromatic rings. The number of nitrogens with one attached hydrogen (secondary N) is 2. The monoisotopic (exact) mass is 471 g/mol. The van der Waals surface area contributed by atoms with Gasteiger partial charge in [-0.3, -0.25) is 14.9 Å². The van der Waals surface area contributed by atoms with Crippen LogP contribution in [0.25, 0.3) is 12.2 Å². The molecule has 0 radical (unpaired) electrons. The summed E-state index contributed by atoms with van der Waals surface area (Å²) < 4.78 is 7.02. The number of carbonyl (C=O) groups excluding carboxylic acids is 1. The van der Waals surface area contributed by atoms with Crippen LogP contribution in [0.5, 0.6) is 5.75 Å². The zero-order chi connectivity index (χ0) is 24.4. The fourth-order valence-corrected chi connectivity index (χ4v) is 5.23. The Morgan fingerprint density at radius 3 is 2.74 bits per heavy atom. The Morgan fingerprint density at radius 1 is 1.14 bits per heavy atom. The van der Waals surface area contributed by atoms with E-state index in [1.54, 1.807) is 11.7 Å². The summed E-state index contributed by atoms with van der Waals surface area (Å²) in [7, 11) is 1.61. The molecule has 1 saturated heterocycles. The molecule has 3 N–H and O–H groups in total. The molecule has 1 amide bonds. The van der Waals surface area contributed by atoms with Crippen molar-refractivity contribution in [3.05, 3.63) is 99.5 Å². The number of aliphatic hydroxyl groups excluding tert-OH is 1. The van der Waals surface area contributed by atoms with Crippen LogP contribution in [0, 0.1) is 11.8 Å². The predicted octanol–water partition coefficient (Wildman–Crippen LogP) is 2.59. The number of methoxy groups -OCH3 is 1. The molecule has 2 aliphatic rings. The number of hydrogen-bond donors (Lipinski definition) is 3. The number of aromatic nitrogens is 1. The fourth-order valence-electron chi connectivity index (χ4n) is 5.23. The average Bonchev–Trinajstić information content (AvgIpc) is 3.44. The molecule has 0 unspecified atom stereocenters. The van der Waals surface area contributed by atoms with Gasteiger partial charge in [-0.25, -0.2) is 0 Å². The van der Waals surface area contributed by atoms with E-state index in [4.69, 9.17) is 4.74 Å². The van der Waals surface area contributed by atoms with Gasteiger partial charge < -0.3 is 19.7 Å². The van der Waals surface area contributed by atoms with Crippen LogP contribution in [-0.4, -0.2) is 35.3 Å². The van der Waals surface area contributed by atoms with E-state index >= 15 is 0 Å². The molecule has 0 aliphatic carbocycles. The molecule has 0 bridgehead atoms. The molecular formula is C28H29N3O4. The molecule has 3 heterocycles. The molecule has 5 rings (SSSR count). The number of fused-ring (bicyclic) bond motifs is 3. The topological polar surface area (TPSA) is 92.6 Å². The summed E-state index contributed by atoms with van der Waals surface area (Å²) >= 11 is 0. The van der Waals surface area contributed by atoms with Crippen molar-refractivity contribution in [3.8, 4) is 5.75 Å². The average molecular weight is 472 g/mol. The number of amides is 1. The van der Waals surface area contributed by atoms with Gasteiger partial charge in [-0.05, 0) is 41.5 Å². The molecule has 7 nitrogen and oxygen atoms in total. The van der Waals surface area contributed by atoms with E-state index < -0.39 is 6.04 Å². The largest absolute Gasteiger partial charge is 0.497 e. The van der Waals surface area contributed by atoms with Crippen LogP contribution < -0.4 is 20.9 Å². The highest BCUT2D eigenvalue weighted by Gasteiger charge is 2.50. The maximum absolute atomic E-state index is 13.2. The molecule has 4 atom stereocenters. The van der Waals surface area contributed by atoms with Crippen molar-refractivity contribution in [3.63, 3.8) is 0 Å². The first-order valence-electron chi connectivity index (χ1n) is 11.8. The molecule has 0 spiro atoms. The summed E-state index contributed by atoms with van der Waals surface area (Å²) in [5.74, 6) is 0.262. The van der Waals surface area contributed by atoms with Gasteiger partial charge in [-0.2, -0.15) is 0 Å². The van der Waals surface area contributed by atoms with Crippen molar-refractivity contribution in [1.29, 1.82) is 0 Å². The molecule has 0 saturated carbocycles. The third-order valence-electron chi connectivity index (χ3n) is 7.06. The number of pyridine rings is 1. The number of rotatable bonds is 7. The number of ether oxygens (including phenoxy) is 1. The maximum Gasteiger partial charge on any atom is 0.258 e. The molecule has 35 heavy (non-hydrogen) atoms. The van der Waals surface area contributed by atoms with Crippen LogP contribution in [0.15, 0.2) is 71.5 Å². The van der Waals surface area contributed by atoms with Crippen molar-refractivity contribution in [2.75, 3.05) is 13.7 Å². The second-order valence-corrected chi connectivity index (χ2v) is 9.07. The van der Waals surface area contributed by atoms with Gasteiger partial charge in [-0.1, -0.05) is 48.5 Å². The van der Waals surface area contributed by atoms with Crippen molar-refractivity contribution >= 4 is 18.1 Å². The lowest BCUT2D eigenvalue weighted by Gasteiger charge is -2.21. The number of hydrogen-bond acceptors (Lipinski definition) is 5.